The molecule has 0 saturated heterocycles. The van der Waals surface area contributed by atoms with Gasteiger partial charge in [-0.05, 0) is 63.1 Å². The number of halogens is 1. The highest BCUT2D eigenvalue weighted by Gasteiger charge is 2.34. The van der Waals surface area contributed by atoms with E-state index in [-0.39, 0.29) is 11.4 Å². The molecular formula is C21H19ClN4O2. The summed E-state index contributed by atoms with van der Waals surface area (Å²) in [4.78, 5) is 22.0. The van der Waals surface area contributed by atoms with E-state index in [4.69, 9.17) is 21.8 Å². The average Bonchev–Trinajstić information content (AvgIpc) is 3.13. The fourth-order valence-electron chi connectivity index (χ4n) is 3.50. The third-order valence-electron chi connectivity index (χ3n) is 4.93. The topological polar surface area (TPSA) is 70.7 Å². The van der Waals surface area contributed by atoms with Crippen LogP contribution in [0.15, 0.2) is 46.7 Å². The molecule has 2 aliphatic heterocycles. The number of nitrogens with zero attached hydrogens (tertiary/aromatic N) is 3. The summed E-state index contributed by atoms with van der Waals surface area (Å²) in [6.07, 6.45) is 3.33. The zero-order valence-electron chi connectivity index (χ0n) is 16.0. The Kier molecular flexibility index (Phi) is 4.23. The van der Waals surface area contributed by atoms with Crippen molar-refractivity contribution in [3.8, 4) is 5.69 Å². The molecule has 142 valence electrons. The molecule has 28 heavy (non-hydrogen) atoms. The van der Waals surface area contributed by atoms with Gasteiger partial charge < -0.3 is 9.40 Å². The number of hydrogen-bond acceptors (Lipinski definition) is 3. The highest BCUT2D eigenvalue weighted by molar-refractivity contribution is 6.32. The van der Waals surface area contributed by atoms with Gasteiger partial charge in [-0.3, -0.25) is 10.2 Å². The van der Waals surface area contributed by atoms with Gasteiger partial charge in [0.25, 0.3) is 5.91 Å². The van der Waals surface area contributed by atoms with Crippen molar-refractivity contribution in [1.29, 1.82) is 5.41 Å². The van der Waals surface area contributed by atoms with E-state index in [1.807, 2.05) is 45.0 Å². The average molecular weight is 395 g/mol. The first-order chi connectivity index (χ1) is 13.3. The first kappa shape index (κ1) is 18.3. The number of rotatable bonds is 2. The minimum atomic E-state index is -0.450. The molecule has 4 rings (SSSR count). The number of fused-ring (bicyclic) bond motifs is 1. The summed E-state index contributed by atoms with van der Waals surface area (Å²) < 4.78 is 2.09. The third-order valence-corrected chi connectivity index (χ3v) is 5.34. The molecule has 0 radical (unpaired) electrons. The normalized spacial score (nSPS) is 17.6. The lowest BCUT2D eigenvalue weighted by Crippen LogP contribution is -2.38. The fraction of sp³-hybridized carbons (Fsp3) is 0.190. The molecule has 0 aliphatic carbocycles. The fourth-order valence-corrected chi connectivity index (χ4v) is 3.67. The molecule has 0 saturated carbocycles. The Balaban J connectivity index is 1.79. The maximum absolute atomic E-state index is 12.5. The van der Waals surface area contributed by atoms with Crippen LogP contribution in [0.25, 0.3) is 11.8 Å². The molecule has 7 heteroatoms. The van der Waals surface area contributed by atoms with Crippen LogP contribution in [-0.2, 0) is 9.63 Å². The van der Waals surface area contributed by atoms with E-state index in [0.29, 0.717) is 16.6 Å². The van der Waals surface area contributed by atoms with Crippen LogP contribution < -0.4 is 0 Å². The number of benzene rings is 1. The summed E-state index contributed by atoms with van der Waals surface area (Å²) in [7, 11) is 0. The van der Waals surface area contributed by atoms with Gasteiger partial charge in [-0.25, -0.2) is 0 Å². The molecule has 0 atom stereocenters. The molecule has 2 aliphatic rings. The van der Waals surface area contributed by atoms with Crippen molar-refractivity contribution in [2.45, 2.75) is 27.7 Å². The van der Waals surface area contributed by atoms with Gasteiger partial charge in [0.05, 0.1) is 5.57 Å². The number of nitrogens with one attached hydrogen (secondary N) is 1. The van der Waals surface area contributed by atoms with Crippen LogP contribution in [0, 0.1) is 26.2 Å². The number of hydrogen-bond donors (Lipinski definition) is 1. The summed E-state index contributed by atoms with van der Waals surface area (Å²) in [5.41, 5.74) is 4.95. The van der Waals surface area contributed by atoms with Crippen LogP contribution in [-0.4, -0.2) is 27.2 Å². The molecule has 2 aromatic rings. The molecule has 1 N–H and O–H groups in total. The van der Waals surface area contributed by atoms with Crippen molar-refractivity contribution in [2.75, 3.05) is 0 Å². The van der Waals surface area contributed by atoms with E-state index >= 15 is 0 Å². The molecule has 0 bridgehead atoms. The van der Waals surface area contributed by atoms with E-state index in [0.717, 1.165) is 28.2 Å². The summed E-state index contributed by atoms with van der Waals surface area (Å²) in [6.45, 7) is 7.70. The van der Waals surface area contributed by atoms with Crippen molar-refractivity contribution in [1.82, 2.24) is 9.63 Å². The Bertz CT molecular complexity index is 1140. The van der Waals surface area contributed by atoms with Crippen LogP contribution in [0.1, 0.15) is 29.4 Å². The van der Waals surface area contributed by atoms with Gasteiger partial charge in [0, 0.05) is 28.2 Å². The van der Waals surface area contributed by atoms with Crippen LogP contribution >= 0.6 is 11.6 Å². The number of carbonyl (C=O) groups excluding carboxylic acids is 1. The second-order valence-electron chi connectivity index (χ2n) is 6.87. The quantitative estimate of drug-likeness (QED) is 0.762. The minimum Gasteiger partial charge on any atom is -0.376 e. The molecule has 3 heterocycles. The summed E-state index contributed by atoms with van der Waals surface area (Å²) in [5.74, 6) is 0.457. The Labute approximate surface area is 167 Å². The lowest BCUT2D eigenvalue weighted by atomic mass is 10.1. The Morgan fingerprint density at radius 2 is 1.96 bits per heavy atom. The predicted molar refractivity (Wildman–Crippen MR) is 110 cm³/mol. The second-order valence-corrected chi connectivity index (χ2v) is 7.28. The first-order valence-electron chi connectivity index (χ1n) is 8.82. The number of amidine groups is 2. The number of aryl methyl sites for hydroxylation is 1. The monoisotopic (exact) mass is 394 g/mol. The van der Waals surface area contributed by atoms with Gasteiger partial charge in [-0.2, -0.15) is 4.99 Å². The third kappa shape index (κ3) is 2.77. The summed E-state index contributed by atoms with van der Waals surface area (Å²) in [6, 6.07) is 7.77. The number of carbonyl (C=O) groups is 1. The zero-order chi connectivity index (χ0) is 20.2. The van der Waals surface area contributed by atoms with E-state index in [1.165, 1.54) is 5.06 Å². The van der Waals surface area contributed by atoms with Crippen molar-refractivity contribution >= 4 is 35.3 Å². The zero-order valence-corrected chi connectivity index (χ0v) is 16.8. The van der Waals surface area contributed by atoms with Gasteiger partial charge >= 0.3 is 0 Å². The molecule has 0 fully saturated rings. The van der Waals surface area contributed by atoms with Gasteiger partial charge in [-0.1, -0.05) is 17.7 Å². The molecule has 1 aromatic carbocycles. The van der Waals surface area contributed by atoms with E-state index < -0.39 is 5.91 Å². The number of amides is 1. The van der Waals surface area contributed by atoms with E-state index in [9.17, 15) is 4.79 Å². The summed E-state index contributed by atoms with van der Waals surface area (Å²) in [5, 5.41) is 10.3. The van der Waals surface area contributed by atoms with Gasteiger partial charge in [-0.15, -0.1) is 5.06 Å². The minimum absolute atomic E-state index is 0.0214. The molecule has 6 nitrogen and oxygen atoms in total. The Hall–Kier alpha value is -3.12. The highest BCUT2D eigenvalue weighted by Crippen LogP contribution is 2.29. The standard InChI is InChI=1S/C21H19ClN4O2/c1-11-8-15(14(4)25(11)18-7-5-6-17(22)13(18)3)10-16-20(23)26-19(24-21(16)27)9-12(2)28-26/h5-10,23H,1-4H3/b16-10-,23-20?. The van der Waals surface area contributed by atoms with Crippen molar-refractivity contribution in [3.63, 3.8) is 0 Å². The SMILES string of the molecule is CC1=CC2=NC(=O)/C(=C\c3cc(C)n(-c4cccc(Cl)c4C)c3C)C(=N)N2O1. The largest absolute Gasteiger partial charge is 0.376 e. The van der Waals surface area contributed by atoms with Crippen LogP contribution in [0.2, 0.25) is 5.02 Å². The van der Waals surface area contributed by atoms with Gasteiger partial charge in [0.2, 0.25) is 0 Å². The maximum Gasteiger partial charge on any atom is 0.282 e. The van der Waals surface area contributed by atoms with Crippen LogP contribution in [0.4, 0.5) is 0 Å². The lowest BCUT2D eigenvalue weighted by molar-refractivity contribution is -0.114. The van der Waals surface area contributed by atoms with Crippen LogP contribution in [0.5, 0.6) is 0 Å². The Morgan fingerprint density at radius 1 is 1.21 bits per heavy atom. The number of allylic oxidation sites excluding steroid dienone is 1. The maximum atomic E-state index is 12.5. The second kappa shape index (κ2) is 6.49. The van der Waals surface area contributed by atoms with Gasteiger partial charge in [0.1, 0.15) is 5.76 Å². The van der Waals surface area contributed by atoms with Crippen molar-refractivity contribution < 1.29 is 9.63 Å². The van der Waals surface area contributed by atoms with Crippen molar-refractivity contribution in [3.05, 3.63) is 69.2 Å². The lowest BCUT2D eigenvalue weighted by Gasteiger charge is -2.23. The predicted octanol–water partition coefficient (Wildman–Crippen LogP) is 4.51. The number of aliphatic imine (C=N–C) groups is 1. The molecule has 0 spiro atoms. The molecule has 1 amide bonds. The smallest absolute Gasteiger partial charge is 0.282 e. The van der Waals surface area contributed by atoms with Crippen molar-refractivity contribution in [2.24, 2.45) is 4.99 Å². The van der Waals surface area contributed by atoms with Gasteiger partial charge in [0.15, 0.2) is 11.7 Å². The van der Waals surface area contributed by atoms with Crippen LogP contribution in [0.3, 0.4) is 0 Å². The summed E-state index contributed by atoms with van der Waals surface area (Å²) >= 11 is 6.30. The molecule has 1 aromatic heterocycles. The first-order valence-corrected chi connectivity index (χ1v) is 9.20. The highest BCUT2D eigenvalue weighted by atomic mass is 35.5. The molecular weight excluding hydrogens is 376 g/mol. The molecule has 0 unspecified atom stereocenters. The van der Waals surface area contributed by atoms with E-state index in [1.54, 1.807) is 19.1 Å². The number of aromatic nitrogens is 1. The number of hydroxylamine groups is 2. The van der Waals surface area contributed by atoms with E-state index in [2.05, 4.69) is 9.56 Å². The Morgan fingerprint density at radius 3 is 2.71 bits per heavy atom.